The number of rotatable bonds is 3. The van der Waals surface area contributed by atoms with Gasteiger partial charge in [-0.3, -0.25) is 14.4 Å². The first-order valence-electron chi connectivity index (χ1n) is 5.55. The van der Waals surface area contributed by atoms with Crippen molar-refractivity contribution in [3.63, 3.8) is 0 Å². The summed E-state index contributed by atoms with van der Waals surface area (Å²) in [4.78, 5) is 3.92. The Morgan fingerprint density at radius 1 is 1.37 bits per heavy atom. The van der Waals surface area contributed by atoms with Crippen molar-refractivity contribution in [3.05, 3.63) is 29.7 Å². The van der Waals surface area contributed by atoms with Crippen LogP contribution in [-0.2, 0) is 17.1 Å². The van der Waals surface area contributed by atoms with Crippen molar-refractivity contribution in [1.29, 1.82) is 0 Å². The predicted molar refractivity (Wildman–Crippen MR) is 72.1 cm³/mol. The summed E-state index contributed by atoms with van der Waals surface area (Å²) in [6.07, 6.45) is 3.10. The van der Waals surface area contributed by atoms with Gasteiger partial charge in [-0.05, 0) is 25.5 Å². The van der Waals surface area contributed by atoms with E-state index < -0.39 is 10.0 Å². The van der Waals surface area contributed by atoms with E-state index in [1.54, 1.807) is 33.2 Å². The number of nitrogens with two attached hydrogens (primary N) is 1. The molecule has 2 aromatic heterocycles. The Hall–Kier alpha value is -2.09. The van der Waals surface area contributed by atoms with Crippen LogP contribution in [0.2, 0.25) is 0 Å². The quantitative estimate of drug-likeness (QED) is 0.866. The largest absolute Gasteiger partial charge is 0.381 e. The van der Waals surface area contributed by atoms with E-state index in [9.17, 15) is 8.42 Å². The number of aromatic nitrogens is 3. The van der Waals surface area contributed by atoms with E-state index in [0.717, 1.165) is 5.56 Å². The van der Waals surface area contributed by atoms with E-state index in [-0.39, 0.29) is 10.7 Å². The van der Waals surface area contributed by atoms with Crippen LogP contribution in [0.25, 0.3) is 0 Å². The zero-order chi connectivity index (χ0) is 14.2. The third-order valence-electron chi connectivity index (χ3n) is 2.84. The topological polar surface area (TPSA) is 103 Å². The molecule has 0 atom stereocenters. The number of nitrogen functional groups attached to an aromatic ring is 1. The van der Waals surface area contributed by atoms with Crippen molar-refractivity contribution >= 4 is 21.5 Å². The van der Waals surface area contributed by atoms with Gasteiger partial charge < -0.3 is 5.73 Å². The molecular formula is C11H15N5O2S. The molecule has 0 aromatic carbocycles. The van der Waals surface area contributed by atoms with Crippen LogP contribution < -0.4 is 10.5 Å². The minimum absolute atomic E-state index is 0.00575. The van der Waals surface area contributed by atoms with Crippen LogP contribution in [-0.4, -0.2) is 23.2 Å². The number of nitrogens with one attached hydrogen (secondary N) is 1. The van der Waals surface area contributed by atoms with E-state index in [2.05, 4.69) is 14.8 Å². The molecular weight excluding hydrogens is 266 g/mol. The van der Waals surface area contributed by atoms with E-state index in [0.29, 0.717) is 11.4 Å². The van der Waals surface area contributed by atoms with Crippen LogP contribution in [0.4, 0.5) is 11.5 Å². The third-order valence-corrected chi connectivity index (χ3v) is 4.37. The molecule has 0 aliphatic carbocycles. The molecule has 3 N–H and O–H groups in total. The molecule has 0 aliphatic rings. The van der Waals surface area contributed by atoms with E-state index >= 15 is 0 Å². The van der Waals surface area contributed by atoms with Gasteiger partial charge in [-0.15, -0.1) is 0 Å². The smallest absolute Gasteiger partial charge is 0.267 e. The number of aryl methyl sites for hydroxylation is 2. The van der Waals surface area contributed by atoms with E-state index in [1.807, 2.05) is 0 Å². The summed E-state index contributed by atoms with van der Waals surface area (Å²) < 4.78 is 28.6. The summed E-state index contributed by atoms with van der Waals surface area (Å²) in [5.74, 6) is -0.0146. The lowest BCUT2D eigenvalue weighted by molar-refractivity contribution is 0.600. The van der Waals surface area contributed by atoms with Gasteiger partial charge in [0.2, 0.25) is 0 Å². The molecule has 0 bridgehead atoms. The lowest BCUT2D eigenvalue weighted by Gasteiger charge is -2.10. The monoisotopic (exact) mass is 281 g/mol. The first-order chi connectivity index (χ1) is 8.83. The Kier molecular flexibility index (Phi) is 3.19. The van der Waals surface area contributed by atoms with Crippen molar-refractivity contribution in [3.8, 4) is 0 Å². The van der Waals surface area contributed by atoms with Crippen LogP contribution in [0.5, 0.6) is 0 Å². The highest BCUT2D eigenvalue weighted by molar-refractivity contribution is 7.93. The van der Waals surface area contributed by atoms with Gasteiger partial charge in [0.05, 0.1) is 11.4 Å². The predicted octanol–water partition coefficient (Wildman–Crippen LogP) is 0.815. The number of hydrogen-bond donors (Lipinski definition) is 2. The van der Waals surface area contributed by atoms with Crippen LogP contribution in [0, 0.1) is 13.8 Å². The van der Waals surface area contributed by atoms with Gasteiger partial charge in [0.1, 0.15) is 0 Å². The first kappa shape index (κ1) is 13.3. The molecule has 8 heteroatoms. The fraction of sp³-hybridized carbons (Fsp3) is 0.273. The van der Waals surface area contributed by atoms with Gasteiger partial charge in [0.15, 0.2) is 10.7 Å². The highest BCUT2D eigenvalue weighted by atomic mass is 32.2. The molecule has 0 spiro atoms. The Labute approximate surface area is 111 Å². The molecule has 2 heterocycles. The van der Waals surface area contributed by atoms with Gasteiger partial charge in [-0.1, -0.05) is 0 Å². The summed E-state index contributed by atoms with van der Waals surface area (Å²) in [5.41, 5.74) is 7.34. The molecule has 2 aromatic rings. The number of pyridine rings is 1. The number of anilines is 2. The van der Waals surface area contributed by atoms with Crippen molar-refractivity contribution in [2.24, 2.45) is 7.05 Å². The molecule has 2 rings (SSSR count). The number of hydrogen-bond acceptors (Lipinski definition) is 5. The van der Waals surface area contributed by atoms with Gasteiger partial charge in [0.25, 0.3) is 10.0 Å². The molecule has 0 aliphatic heterocycles. The van der Waals surface area contributed by atoms with E-state index in [4.69, 9.17) is 5.73 Å². The molecule has 19 heavy (non-hydrogen) atoms. The molecule has 0 saturated heterocycles. The van der Waals surface area contributed by atoms with Gasteiger partial charge in [-0.25, -0.2) is 8.42 Å². The summed E-state index contributed by atoms with van der Waals surface area (Å²) in [6.45, 7) is 3.42. The summed E-state index contributed by atoms with van der Waals surface area (Å²) in [7, 11) is -2.12. The molecule has 0 unspecified atom stereocenters. The van der Waals surface area contributed by atoms with Crippen molar-refractivity contribution < 1.29 is 8.42 Å². The fourth-order valence-electron chi connectivity index (χ4n) is 1.73. The normalized spacial score (nSPS) is 11.5. The average Bonchev–Trinajstić information content (AvgIpc) is 2.56. The van der Waals surface area contributed by atoms with E-state index in [1.165, 1.54) is 10.9 Å². The fourth-order valence-corrected chi connectivity index (χ4v) is 3.19. The number of nitrogens with zero attached hydrogens (tertiary/aromatic N) is 3. The summed E-state index contributed by atoms with van der Waals surface area (Å²) >= 11 is 0. The van der Waals surface area contributed by atoms with Crippen LogP contribution >= 0.6 is 0 Å². The highest BCUT2D eigenvalue weighted by Gasteiger charge is 2.25. The second kappa shape index (κ2) is 4.54. The molecule has 0 fully saturated rings. The first-order valence-corrected chi connectivity index (χ1v) is 7.03. The molecule has 0 saturated carbocycles. The average molecular weight is 281 g/mol. The standard InChI is InChI=1S/C11H15N5O2S/c1-7-6-13-5-4-9(7)15-19(17,18)10-8(2)16(3)14-11(10)12/h4-6H,1-3H3,(H2,12,14)(H,13,15). The molecule has 0 amide bonds. The minimum Gasteiger partial charge on any atom is -0.381 e. The van der Waals surface area contributed by atoms with Crippen molar-refractivity contribution in [1.82, 2.24) is 14.8 Å². The zero-order valence-corrected chi connectivity index (χ0v) is 11.7. The van der Waals surface area contributed by atoms with Crippen molar-refractivity contribution in [2.45, 2.75) is 18.7 Å². The van der Waals surface area contributed by atoms with Crippen LogP contribution in [0.15, 0.2) is 23.4 Å². The number of sulfonamides is 1. The van der Waals surface area contributed by atoms with Crippen LogP contribution in [0.1, 0.15) is 11.3 Å². The van der Waals surface area contributed by atoms with Crippen LogP contribution in [0.3, 0.4) is 0 Å². The summed E-state index contributed by atoms with van der Waals surface area (Å²) in [5, 5.41) is 3.90. The maximum atomic E-state index is 12.3. The maximum absolute atomic E-state index is 12.3. The Morgan fingerprint density at radius 3 is 2.58 bits per heavy atom. The molecule has 0 radical (unpaired) electrons. The van der Waals surface area contributed by atoms with Gasteiger partial charge in [0, 0.05) is 19.4 Å². The second-order valence-electron chi connectivity index (χ2n) is 4.22. The van der Waals surface area contributed by atoms with Gasteiger partial charge in [-0.2, -0.15) is 5.10 Å². The van der Waals surface area contributed by atoms with Gasteiger partial charge >= 0.3 is 0 Å². The second-order valence-corrected chi connectivity index (χ2v) is 5.84. The Morgan fingerprint density at radius 2 is 2.05 bits per heavy atom. The lowest BCUT2D eigenvalue weighted by Crippen LogP contribution is -2.16. The SMILES string of the molecule is Cc1cnccc1NS(=O)(=O)c1c(N)nn(C)c1C. The molecule has 102 valence electrons. The van der Waals surface area contributed by atoms with Crippen molar-refractivity contribution in [2.75, 3.05) is 10.5 Å². The lowest BCUT2D eigenvalue weighted by atomic mass is 10.3. The highest BCUT2D eigenvalue weighted by Crippen LogP contribution is 2.24. The Balaban J connectivity index is 2.47. The third kappa shape index (κ3) is 2.39. The minimum atomic E-state index is -3.76. The molecule has 7 nitrogen and oxygen atoms in total. The summed E-state index contributed by atoms with van der Waals surface area (Å²) in [6, 6.07) is 1.59. The Bertz CT molecular complexity index is 721. The zero-order valence-electron chi connectivity index (χ0n) is 10.9. The maximum Gasteiger partial charge on any atom is 0.267 e.